The SMILES string of the molecule is CC(C)C(Sc1nnc(NCCc2cccs2)s1)C(=O)NC(N)=O. The van der Waals surface area contributed by atoms with Crippen LogP contribution in [0.3, 0.4) is 0 Å². The Balaban J connectivity index is 1.88. The Labute approximate surface area is 152 Å². The molecule has 0 aliphatic carbocycles. The van der Waals surface area contributed by atoms with E-state index in [0.29, 0.717) is 9.47 Å². The van der Waals surface area contributed by atoms with Gasteiger partial charge in [0.2, 0.25) is 11.0 Å². The molecular formula is C14H19N5O2S3. The number of imide groups is 1. The molecular weight excluding hydrogens is 366 g/mol. The van der Waals surface area contributed by atoms with Gasteiger partial charge in [-0.1, -0.05) is 43.0 Å². The van der Waals surface area contributed by atoms with Crippen molar-refractivity contribution in [3.05, 3.63) is 22.4 Å². The van der Waals surface area contributed by atoms with Crippen LogP contribution in [0.5, 0.6) is 0 Å². The Bertz CT molecular complexity index is 672. The molecule has 0 aliphatic heterocycles. The zero-order chi connectivity index (χ0) is 17.5. The van der Waals surface area contributed by atoms with E-state index < -0.39 is 17.2 Å². The quantitative estimate of drug-likeness (QED) is 0.603. The third-order valence-corrected chi connectivity index (χ3v) is 6.42. The Hall–Kier alpha value is -1.65. The minimum absolute atomic E-state index is 0.0217. The highest BCUT2D eigenvalue weighted by Gasteiger charge is 2.26. The molecule has 2 aromatic rings. The maximum atomic E-state index is 12.0. The monoisotopic (exact) mass is 385 g/mol. The largest absolute Gasteiger partial charge is 0.360 e. The highest BCUT2D eigenvalue weighted by molar-refractivity contribution is 8.02. The number of thioether (sulfide) groups is 1. The van der Waals surface area contributed by atoms with Crippen molar-refractivity contribution in [1.29, 1.82) is 0 Å². The Morgan fingerprint density at radius 3 is 2.79 bits per heavy atom. The minimum atomic E-state index is -0.848. The lowest BCUT2D eigenvalue weighted by atomic mass is 10.1. The van der Waals surface area contributed by atoms with Crippen molar-refractivity contribution >= 4 is 51.5 Å². The number of rotatable bonds is 8. The molecule has 3 amide bonds. The third kappa shape index (κ3) is 5.77. The van der Waals surface area contributed by atoms with Crippen LogP contribution in [0.15, 0.2) is 21.9 Å². The molecule has 0 bridgehead atoms. The van der Waals surface area contributed by atoms with Gasteiger partial charge in [-0.25, -0.2) is 4.79 Å². The lowest BCUT2D eigenvalue weighted by molar-refractivity contribution is -0.120. The lowest BCUT2D eigenvalue weighted by Crippen LogP contribution is -2.42. The predicted molar refractivity (Wildman–Crippen MR) is 98.6 cm³/mol. The Morgan fingerprint density at radius 2 is 2.17 bits per heavy atom. The number of amides is 3. The second kappa shape index (κ2) is 9.00. The number of aromatic nitrogens is 2. The summed E-state index contributed by atoms with van der Waals surface area (Å²) in [6.07, 6.45) is 0.926. The van der Waals surface area contributed by atoms with Gasteiger partial charge in [0.1, 0.15) is 0 Å². The van der Waals surface area contributed by atoms with Crippen LogP contribution in [0, 0.1) is 5.92 Å². The second-order valence-corrected chi connectivity index (χ2v) is 8.66. The normalized spacial score (nSPS) is 12.1. The van der Waals surface area contributed by atoms with E-state index in [9.17, 15) is 9.59 Å². The van der Waals surface area contributed by atoms with Gasteiger partial charge < -0.3 is 11.1 Å². The molecule has 2 aromatic heterocycles. The number of hydrogen-bond donors (Lipinski definition) is 3. The highest BCUT2D eigenvalue weighted by Crippen LogP contribution is 2.32. The smallest absolute Gasteiger partial charge is 0.318 e. The summed E-state index contributed by atoms with van der Waals surface area (Å²) in [4.78, 5) is 24.2. The Kier molecular flexibility index (Phi) is 7.00. The topological polar surface area (TPSA) is 110 Å². The third-order valence-electron chi connectivity index (χ3n) is 2.97. The van der Waals surface area contributed by atoms with E-state index >= 15 is 0 Å². The standard InChI is InChI=1S/C14H19N5O2S3/c1-8(2)10(11(20)17-12(15)21)23-14-19-18-13(24-14)16-6-5-9-4-3-7-22-9/h3-4,7-8,10H,5-6H2,1-2H3,(H,16,18)(H3,15,17,20,21). The van der Waals surface area contributed by atoms with Gasteiger partial charge in [-0.05, 0) is 23.8 Å². The summed E-state index contributed by atoms with van der Waals surface area (Å²) in [5.74, 6) is -0.390. The van der Waals surface area contributed by atoms with Gasteiger partial charge in [-0.15, -0.1) is 21.5 Å². The summed E-state index contributed by atoms with van der Waals surface area (Å²) in [7, 11) is 0. The van der Waals surface area contributed by atoms with Crippen molar-refractivity contribution in [2.75, 3.05) is 11.9 Å². The van der Waals surface area contributed by atoms with E-state index in [1.165, 1.54) is 28.0 Å². The van der Waals surface area contributed by atoms with E-state index in [1.807, 2.05) is 19.9 Å². The fraction of sp³-hybridized carbons (Fsp3) is 0.429. The van der Waals surface area contributed by atoms with Crippen molar-refractivity contribution in [1.82, 2.24) is 15.5 Å². The molecule has 1 unspecified atom stereocenters. The first-order chi connectivity index (χ1) is 11.5. The zero-order valence-corrected chi connectivity index (χ0v) is 15.8. The van der Waals surface area contributed by atoms with Gasteiger partial charge in [-0.2, -0.15) is 0 Å². The minimum Gasteiger partial charge on any atom is -0.360 e. The van der Waals surface area contributed by atoms with Crippen LogP contribution in [-0.2, 0) is 11.2 Å². The number of nitrogens with two attached hydrogens (primary N) is 1. The number of anilines is 1. The van der Waals surface area contributed by atoms with Gasteiger partial charge in [0.15, 0.2) is 4.34 Å². The molecule has 0 spiro atoms. The van der Waals surface area contributed by atoms with E-state index in [4.69, 9.17) is 5.73 Å². The van der Waals surface area contributed by atoms with E-state index in [2.05, 4.69) is 32.3 Å². The first-order valence-electron chi connectivity index (χ1n) is 7.32. The number of urea groups is 1. The number of carbonyl (C=O) groups excluding carboxylic acids is 2. The molecule has 24 heavy (non-hydrogen) atoms. The molecule has 130 valence electrons. The first kappa shape index (κ1) is 18.7. The van der Waals surface area contributed by atoms with Crippen LogP contribution in [0.4, 0.5) is 9.93 Å². The molecule has 0 aromatic carbocycles. The fourth-order valence-corrected chi connectivity index (χ4v) is 4.57. The van der Waals surface area contributed by atoms with Crippen molar-refractivity contribution in [2.45, 2.75) is 29.9 Å². The Morgan fingerprint density at radius 1 is 1.38 bits per heavy atom. The predicted octanol–water partition coefficient (Wildman–Crippen LogP) is 2.57. The summed E-state index contributed by atoms with van der Waals surface area (Å²) in [6.45, 7) is 4.58. The number of nitrogens with one attached hydrogen (secondary N) is 2. The molecule has 2 heterocycles. The summed E-state index contributed by atoms with van der Waals surface area (Å²) < 4.78 is 0.673. The maximum Gasteiger partial charge on any atom is 0.318 e. The number of nitrogens with zero attached hydrogens (tertiary/aromatic N) is 2. The summed E-state index contributed by atoms with van der Waals surface area (Å²) >= 11 is 4.40. The van der Waals surface area contributed by atoms with Gasteiger partial charge >= 0.3 is 6.03 Å². The van der Waals surface area contributed by atoms with E-state index in [-0.39, 0.29) is 5.92 Å². The average molecular weight is 386 g/mol. The van der Waals surface area contributed by atoms with Gasteiger partial charge in [-0.3, -0.25) is 10.1 Å². The molecule has 2 rings (SSSR count). The number of carbonyl (C=O) groups is 2. The molecule has 0 aliphatic rings. The molecule has 1 atom stereocenters. The summed E-state index contributed by atoms with van der Waals surface area (Å²) in [5, 5.41) is 15.8. The molecule has 0 fully saturated rings. The highest BCUT2D eigenvalue weighted by atomic mass is 32.2. The van der Waals surface area contributed by atoms with Gasteiger partial charge in [0, 0.05) is 11.4 Å². The molecule has 7 nitrogen and oxygen atoms in total. The number of primary amides is 1. The maximum absolute atomic E-state index is 12.0. The van der Waals surface area contributed by atoms with Crippen LogP contribution >= 0.6 is 34.4 Å². The van der Waals surface area contributed by atoms with E-state index in [0.717, 1.165) is 13.0 Å². The van der Waals surface area contributed by atoms with Crippen LogP contribution in [0.25, 0.3) is 0 Å². The van der Waals surface area contributed by atoms with Crippen molar-refractivity contribution < 1.29 is 9.59 Å². The molecule has 4 N–H and O–H groups in total. The molecule has 0 saturated carbocycles. The number of thiophene rings is 1. The van der Waals surface area contributed by atoms with Gasteiger partial charge in [0.25, 0.3) is 0 Å². The first-order valence-corrected chi connectivity index (χ1v) is 9.90. The average Bonchev–Trinajstić information content (AvgIpc) is 3.15. The summed E-state index contributed by atoms with van der Waals surface area (Å²) in [6, 6.07) is 3.28. The lowest BCUT2D eigenvalue weighted by Gasteiger charge is -2.16. The van der Waals surface area contributed by atoms with Crippen LogP contribution in [0.2, 0.25) is 0 Å². The summed E-state index contributed by atoms with van der Waals surface area (Å²) in [5.41, 5.74) is 5.01. The van der Waals surface area contributed by atoms with Crippen molar-refractivity contribution in [3.63, 3.8) is 0 Å². The molecule has 0 radical (unpaired) electrons. The fourth-order valence-electron chi connectivity index (χ4n) is 1.87. The number of hydrogen-bond acceptors (Lipinski definition) is 8. The van der Waals surface area contributed by atoms with E-state index in [1.54, 1.807) is 11.3 Å². The molecule has 0 saturated heterocycles. The zero-order valence-electron chi connectivity index (χ0n) is 13.3. The van der Waals surface area contributed by atoms with Crippen LogP contribution < -0.4 is 16.4 Å². The van der Waals surface area contributed by atoms with Crippen molar-refractivity contribution in [2.24, 2.45) is 11.7 Å². The molecule has 10 heteroatoms. The second-order valence-electron chi connectivity index (χ2n) is 5.27. The van der Waals surface area contributed by atoms with Crippen LogP contribution in [0.1, 0.15) is 18.7 Å². The van der Waals surface area contributed by atoms with Gasteiger partial charge in [0.05, 0.1) is 5.25 Å². The van der Waals surface area contributed by atoms with Crippen LogP contribution in [-0.4, -0.2) is 33.9 Å². The van der Waals surface area contributed by atoms with Crippen molar-refractivity contribution in [3.8, 4) is 0 Å².